The van der Waals surface area contributed by atoms with Gasteiger partial charge in [0.1, 0.15) is 18.2 Å². The van der Waals surface area contributed by atoms with Crippen LogP contribution in [0.15, 0.2) is 42.5 Å². The molecule has 0 saturated carbocycles. The fourth-order valence-electron chi connectivity index (χ4n) is 3.48. The number of rotatable bonds is 6. The predicted octanol–water partition coefficient (Wildman–Crippen LogP) is 2.71. The van der Waals surface area contributed by atoms with Gasteiger partial charge in [0.05, 0.1) is 24.1 Å². The molecule has 1 aliphatic heterocycles. The second kappa shape index (κ2) is 7.92. The van der Waals surface area contributed by atoms with Gasteiger partial charge in [-0.2, -0.15) is 0 Å². The molecule has 1 atom stereocenters. The number of ether oxygens (including phenoxy) is 2. The summed E-state index contributed by atoms with van der Waals surface area (Å²) in [6.07, 6.45) is 0.183. The molecule has 0 aliphatic carbocycles. The lowest BCUT2D eigenvalue weighted by Gasteiger charge is -2.17. The summed E-state index contributed by atoms with van der Waals surface area (Å²) < 4.78 is 10.2. The van der Waals surface area contributed by atoms with Gasteiger partial charge in [0.25, 0.3) is 0 Å². The van der Waals surface area contributed by atoms with Crippen molar-refractivity contribution in [3.05, 3.63) is 48.3 Å². The molecule has 29 heavy (non-hydrogen) atoms. The number of carbonyl (C=O) groups excluding carboxylic acids is 2. The number of H-pyrrole nitrogens is 1. The van der Waals surface area contributed by atoms with Crippen molar-refractivity contribution in [2.24, 2.45) is 5.92 Å². The molecule has 2 N–H and O–H groups in total. The van der Waals surface area contributed by atoms with Crippen LogP contribution in [0.25, 0.3) is 11.0 Å². The van der Waals surface area contributed by atoms with Crippen LogP contribution in [0.1, 0.15) is 12.2 Å². The van der Waals surface area contributed by atoms with E-state index in [0.717, 1.165) is 28.3 Å². The molecule has 0 bridgehead atoms. The molecular weight excluding hydrogens is 372 g/mol. The number of imidazole rings is 1. The quantitative estimate of drug-likeness (QED) is 0.670. The minimum absolute atomic E-state index is 0.0662. The van der Waals surface area contributed by atoms with Gasteiger partial charge in [-0.05, 0) is 42.5 Å². The first-order valence-corrected chi connectivity index (χ1v) is 9.30. The van der Waals surface area contributed by atoms with Crippen LogP contribution in [0.3, 0.4) is 0 Å². The maximum atomic E-state index is 12.7. The standard InChI is InChI=1S/C21H22N4O4/c1-28-12-19-23-17-8-3-14(10-18(17)24-19)22-21(27)13-9-20(26)25(11-13)15-4-6-16(29-2)7-5-15/h3-8,10,13H,9,11-12H2,1-2H3,(H,22,27)(H,23,24). The summed E-state index contributed by atoms with van der Waals surface area (Å²) in [4.78, 5) is 34.4. The first-order chi connectivity index (χ1) is 14.1. The van der Waals surface area contributed by atoms with Crippen LogP contribution in [-0.2, 0) is 20.9 Å². The maximum Gasteiger partial charge on any atom is 0.229 e. The molecule has 0 radical (unpaired) electrons. The van der Waals surface area contributed by atoms with E-state index in [1.807, 2.05) is 24.3 Å². The number of amides is 2. The topological polar surface area (TPSA) is 96.5 Å². The monoisotopic (exact) mass is 394 g/mol. The van der Waals surface area contributed by atoms with Crippen LogP contribution < -0.4 is 15.0 Å². The third-order valence-electron chi connectivity index (χ3n) is 4.96. The highest BCUT2D eigenvalue weighted by molar-refractivity contribution is 6.04. The van der Waals surface area contributed by atoms with Gasteiger partial charge in [-0.3, -0.25) is 9.59 Å². The summed E-state index contributed by atoms with van der Waals surface area (Å²) >= 11 is 0. The zero-order valence-electron chi connectivity index (χ0n) is 16.3. The van der Waals surface area contributed by atoms with Crippen LogP contribution >= 0.6 is 0 Å². The normalized spacial score (nSPS) is 16.4. The van der Waals surface area contributed by atoms with Crippen molar-refractivity contribution in [3.8, 4) is 5.75 Å². The summed E-state index contributed by atoms with van der Waals surface area (Å²) in [5.41, 5.74) is 3.04. The van der Waals surface area contributed by atoms with Crippen molar-refractivity contribution in [1.82, 2.24) is 9.97 Å². The van der Waals surface area contributed by atoms with Crippen molar-refractivity contribution in [1.29, 1.82) is 0 Å². The molecule has 0 spiro atoms. The summed E-state index contributed by atoms with van der Waals surface area (Å²) in [6.45, 7) is 0.739. The summed E-state index contributed by atoms with van der Waals surface area (Å²) in [7, 11) is 3.20. The van der Waals surface area contributed by atoms with E-state index in [1.165, 1.54) is 0 Å². The molecule has 1 aromatic heterocycles. The highest BCUT2D eigenvalue weighted by Crippen LogP contribution is 2.28. The Morgan fingerprint density at radius 1 is 1.24 bits per heavy atom. The molecule has 1 saturated heterocycles. The lowest BCUT2D eigenvalue weighted by molar-refractivity contribution is -0.122. The van der Waals surface area contributed by atoms with E-state index < -0.39 is 5.92 Å². The van der Waals surface area contributed by atoms with E-state index in [1.54, 1.807) is 37.3 Å². The Labute approximate surface area is 167 Å². The van der Waals surface area contributed by atoms with Gasteiger partial charge in [-0.25, -0.2) is 4.98 Å². The van der Waals surface area contributed by atoms with Crippen LogP contribution in [0.4, 0.5) is 11.4 Å². The number of hydrogen-bond acceptors (Lipinski definition) is 5. The van der Waals surface area contributed by atoms with Crippen molar-refractivity contribution < 1.29 is 19.1 Å². The molecular formula is C21H22N4O4. The zero-order chi connectivity index (χ0) is 20.4. The number of benzene rings is 2. The molecule has 3 aromatic rings. The van der Waals surface area contributed by atoms with Gasteiger partial charge in [-0.15, -0.1) is 0 Å². The van der Waals surface area contributed by atoms with Gasteiger partial charge in [0.15, 0.2) is 0 Å². The van der Waals surface area contributed by atoms with Crippen molar-refractivity contribution in [2.75, 3.05) is 31.0 Å². The van der Waals surface area contributed by atoms with E-state index in [-0.39, 0.29) is 18.2 Å². The van der Waals surface area contributed by atoms with Crippen LogP contribution in [0.2, 0.25) is 0 Å². The van der Waals surface area contributed by atoms with Crippen molar-refractivity contribution in [3.63, 3.8) is 0 Å². The molecule has 1 fully saturated rings. The lowest BCUT2D eigenvalue weighted by atomic mass is 10.1. The molecule has 2 heterocycles. The molecule has 2 aromatic carbocycles. The number of nitrogens with one attached hydrogen (secondary N) is 2. The number of aromatic nitrogens is 2. The Morgan fingerprint density at radius 2 is 2.03 bits per heavy atom. The van der Waals surface area contributed by atoms with Gasteiger partial charge >= 0.3 is 0 Å². The lowest BCUT2D eigenvalue weighted by Crippen LogP contribution is -2.28. The largest absolute Gasteiger partial charge is 0.497 e. The fraction of sp³-hybridized carbons (Fsp3) is 0.286. The smallest absolute Gasteiger partial charge is 0.229 e. The van der Waals surface area contributed by atoms with E-state index in [4.69, 9.17) is 9.47 Å². The van der Waals surface area contributed by atoms with Gasteiger partial charge < -0.3 is 24.7 Å². The summed E-state index contributed by atoms with van der Waals surface area (Å²) in [5.74, 6) is 0.792. The molecule has 8 heteroatoms. The number of methoxy groups -OCH3 is 2. The van der Waals surface area contributed by atoms with E-state index in [9.17, 15) is 9.59 Å². The summed E-state index contributed by atoms with van der Waals surface area (Å²) in [6, 6.07) is 12.7. The average Bonchev–Trinajstić information content (AvgIpc) is 3.31. The molecule has 8 nitrogen and oxygen atoms in total. The third kappa shape index (κ3) is 3.93. The van der Waals surface area contributed by atoms with Crippen molar-refractivity contribution in [2.45, 2.75) is 13.0 Å². The molecule has 1 unspecified atom stereocenters. The van der Waals surface area contributed by atoms with Crippen LogP contribution in [0, 0.1) is 5.92 Å². The Morgan fingerprint density at radius 3 is 2.76 bits per heavy atom. The minimum Gasteiger partial charge on any atom is -0.497 e. The number of carbonyl (C=O) groups is 2. The van der Waals surface area contributed by atoms with Crippen LogP contribution in [0.5, 0.6) is 5.75 Å². The van der Waals surface area contributed by atoms with Gasteiger partial charge in [0.2, 0.25) is 11.8 Å². The van der Waals surface area contributed by atoms with Crippen molar-refractivity contribution >= 4 is 34.2 Å². The van der Waals surface area contributed by atoms with Gasteiger partial charge in [0, 0.05) is 31.5 Å². The number of fused-ring (bicyclic) bond motifs is 1. The third-order valence-corrected chi connectivity index (χ3v) is 4.96. The Hall–Kier alpha value is -3.39. The first-order valence-electron chi connectivity index (χ1n) is 9.30. The zero-order valence-corrected chi connectivity index (χ0v) is 16.3. The summed E-state index contributed by atoms with van der Waals surface area (Å²) in [5, 5.41) is 2.91. The van der Waals surface area contributed by atoms with Gasteiger partial charge in [-0.1, -0.05) is 0 Å². The second-order valence-corrected chi connectivity index (χ2v) is 6.94. The predicted molar refractivity (Wildman–Crippen MR) is 109 cm³/mol. The Balaban J connectivity index is 1.44. The molecule has 4 rings (SSSR count). The highest BCUT2D eigenvalue weighted by Gasteiger charge is 2.35. The fourth-order valence-corrected chi connectivity index (χ4v) is 3.48. The maximum absolute atomic E-state index is 12.7. The number of nitrogens with zero attached hydrogens (tertiary/aromatic N) is 2. The number of aromatic amines is 1. The molecule has 150 valence electrons. The van der Waals surface area contributed by atoms with Crippen LogP contribution in [-0.4, -0.2) is 42.5 Å². The Kier molecular flexibility index (Phi) is 5.18. The second-order valence-electron chi connectivity index (χ2n) is 6.94. The Bertz CT molecular complexity index is 1040. The van der Waals surface area contributed by atoms with E-state index >= 15 is 0 Å². The number of anilines is 2. The highest BCUT2D eigenvalue weighted by atomic mass is 16.5. The van der Waals surface area contributed by atoms with E-state index in [0.29, 0.717) is 18.8 Å². The average molecular weight is 394 g/mol. The SMILES string of the molecule is COCc1nc2ccc(NC(=O)C3CC(=O)N(c4ccc(OC)cc4)C3)cc2[nH]1. The van der Waals surface area contributed by atoms with E-state index in [2.05, 4.69) is 15.3 Å². The molecule has 1 aliphatic rings. The number of hydrogen-bond donors (Lipinski definition) is 2. The minimum atomic E-state index is -0.411. The molecule has 2 amide bonds. The first kappa shape index (κ1) is 18.9.